The molecule has 0 bridgehead atoms. The summed E-state index contributed by atoms with van der Waals surface area (Å²) in [5, 5.41) is 19.5. The van der Waals surface area contributed by atoms with Crippen LogP contribution in [0.5, 0.6) is 0 Å². The van der Waals surface area contributed by atoms with Gasteiger partial charge >= 0.3 is 0 Å². The molecule has 0 aliphatic carbocycles. The van der Waals surface area contributed by atoms with Gasteiger partial charge in [0, 0.05) is 10.4 Å². The summed E-state index contributed by atoms with van der Waals surface area (Å²) in [6.07, 6.45) is 0.696. The summed E-state index contributed by atoms with van der Waals surface area (Å²) in [5.41, 5.74) is 3.38. The molecule has 2 atom stereocenters. The van der Waals surface area contributed by atoms with Gasteiger partial charge in [0.2, 0.25) is 5.91 Å². The van der Waals surface area contributed by atoms with Crippen molar-refractivity contribution in [3.05, 3.63) is 62.8 Å². The van der Waals surface area contributed by atoms with E-state index in [-0.39, 0.29) is 29.4 Å². The largest absolute Gasteiger partial charge is 0.415 e. The first-order valence-electron chi connectivity index (χ1n) is 13.1. The van der Waals surface area contributed by atoms with Gasteiger partial charge in [-0.3, -0.25) is 9.89 Å². The smallest absolute Gasteiger partial charge is 0.227 e. The lowest BCUT2D eigenvalue weighted by atomic mass is 9.81. The van der Waals surface area contributed by atoms with Crippen LogP contribution in [-0.4, -0.2) is 47.1 Å². The van der Waals surface area contributed by atoms with Crippen LogP contribution in [0.15, 0.2) is 30.3 Å². The maximum absolute atomic E-state index is 14.1. The Morgan fingerprint density at radius 3 is 2.50 bits per heavy atom. The van der Waals surface area contributed by atoms with Gasteiger partial charge in [-0.25, -0.2) is 0 Å². The lowest BCUT2D eigenvalue weighted by Gasteiger charge is -2.45. The number of amides is 1. The first-order valence-corrected chi connectivity index (χ1v) is 16.8. The van der Waals surface area contributed by atoms with Gasteiger partial charge in [0.1, 0.15) is 5.15 Å². The maximum Gasteiger partial charge on any atom is 0.227 e. The monoisotopic (exact) mass is 575 g/mol. The number of H-pyrrole nitrogens is 1. The first-order chi connectivity index (χ1) is 17.5. The number of hydrogen-bond acceptors (Lipinski definition) is 4. The van der Waals surface area contributed by atoms with Crippen molar-refractivity contribution in [3.8, 4) is 0 Å². The molecule has 0 saturated heterocycles. The average molecular weight is 577 g/mol. The van der Waals surface area contributed by atoms with E-state index in [1.165, 1.54) is 0 Å². The highest BCUT2D eigenvalue weighted by atomic mass is 35.5. The van der Waals surface area contributed by atoms with Crippen LogP contribution >= 0.6 is 23.2 Å². The highest BCUT2D eigenvalue weighted by molar-refractivity contribution is 6.74. The molecule has 1 aromatic heterocycles. The fourth-order valence-electron chi connectivity index (χ4n) is 5.21. The third-order valence-electron chi connectivity index (χ3n) is 8.36. The number of aliphatic hydroxyl groups is 1. The minimum atomic E-state index is -2.07. The molecule has 2 heterocycles. The van der Waals surface area contributed by atoms with Crippen molar-refractivity contribution in [3.63, 3.8) is 0 Å². The van der Waals surface area contributed by atoms with Crippen LogP contribution in [0.3, 0.4) is 0 Å². The van der Waals surface area contributed by atoms with Crippen molar-refractivity contribution in [1.29, 1.82) is 0 Å². The Labute approximate surface area is 236 Å². The predicted molar refractivity (Wildman–Crippen MR) is 157 cm³/mol. The van der Waals surface area contributed by atoms with E-state index in [9.17, 15) is 9.90 Å². The standard InChI is InChI=1S/C29H39Cl2N3O3Si/c1-17-19-10-9-11-22(29(5,6)36)20(19)14-18(16-37-38(7,8)28(2,3)4)34(17)25(35)15-21-23(30)12-13-24-26(21)27(31)33-32-24/h9-13,17-18,36H,14-16H2,1-8H3,(H,32,33)/t17-,18+/m0/s1. The quantitative estimate of drug-likeness (QED) is 0.305. The van der Waals surface area contributed by atoms with E-state index >= 15 is 0 Å². The van der Waals surface area contributed by atoms with Crippen molar-refractivity contribution in [1.82, 2.24) is 15.1 Å². The molecule has 0 unspecified atom stereocenters. The normalized spacial score (nSPS) is 18.7. The highest BCUT2D eigenvalue weighted by Crippen LogP contribution is 2.41. The molecule has 0 saturated carbocycles. The fraction of sp³-hybridized carbons (Fsp3) is 0.517. The summed E-state index contributed by atoms with van der Waals surface area (Å²) in [6, 6.07) is 9.14. The number of nitrogens with zero attached hydrogens (tertiary/aromatic N) is 2. The third-order valence-corrected chi connectivity index (χ3v) is 13.5. The molecule has 1 aliphatic rings. The van der Waals surface area contributed by atoms with Crippen molar-refractivity contribution in [2.45, 2.75) is 90.2 Å². The van der Waals surface area contributed by atoms with Crippen LogP contribution in [-0.2, 0) is 27.7 Å². The Balaban J connectivity index is 1.75. The second kappa shape index (κ2) is 10.2. The van der Waals surface area contributed by atoms with Crippen molar-refractivity contribution >= 4 is 48.3 Å². The molecule has 0 spiro atoms. The van der Waals surface area contributed by atoms with Gasteiger partial charge in [0.15, 0.2) is 8.32 Å². The molecule has 1 aliphatic heterocycles. The molecular weight excluding hydrogens is 537 g/mol. The lowest BCUT2D eigenvalue weighted by Crippen LogP contribution is -2.52. The summed E-state index contributed by atoms with van der Waals surface area (Å²) < 4.78 is 6.67. The number of halogens is 2. The van der Waals surface area contributed by atoms with E-state index in [0.29, 0.717) is 39.7 Å². The molecule has 6 nitrogen and oxygen atoms in total. The Morgan fingerprint density at radius 2 is 1.87 bits per heavy atom. The Morgan fingerprint density at radius 1 is 1.18 bits per heavy atom. The van der Waals surface area contributed by atoms with E-state index in [2.05, 4.69) is 57.1 Å². The first kappa shape index (κ1) is 29.1. The van der Waals surface area contributed by atoms with Gasteiger partial charge in [-0.2, -0.15) is 5.10 Å². The van der Waals surface area contributed by atoms with Crippen LogP contribution in [0.25, 0.3) is 10.9 Å². The zero-order chi connectivity index (χ0) is 28.2. The molecule has 206 valence electrons. The molecule has 4 rings (SSSR count). The Kier molecular flexibility index (Phi) is 7.85. The topological polar surface area (TPSA) is 78.5 Å². The van der Waals surface area contributed by atoms with E-state index in [0.717, 1.165) is 16.7 Å². The number of nitrogens with one attached hydrogen (secondary N) is 1. The van der Waals surface area contributed by atoms with E-state index in [4.69, 9.17) is 27.6 Å². The van der Waals surface area contributed by atoms with E-state index in [1.807, 2.05) is 30.9 Å². The molecule has 0 fully saturated rings. The number of benzene rings is 2. The van der Waals surface area contributed by atoms with E-state index < -0.39 is 13.9 Å². The van der Waals surface area contributed by atoms with Crippen LogP contribution in [0.4, 0.5) is 0 Å². The number of aromatic amines is 1. The van der Waals surface area contributed by atoms with Crippen LogP contribution < -0.4 is 0 Å². The van der Waals surface area contributed by atoms with Crippen molar-refractivity contribution < 1.29 is 14.3 Å². The molecule has 9 heteroatoms. The minimum Gasteiger partial charge on any atom is -0.415 e. The predicted octanol–water partition coefficient (Wildman–Crippen LogP) is 7.18. The third kappa shape index (κ3) is 5.41. The number of hydrogen-bond donors (Lipinski definition) is 2. The summed E-state index contributed by atoms with van der Waals surface area (Å²) in [7, 11) is -2.07. The molecular formula is C29H39Cl2N3O3Si. The van der Waals surface area contributed by atoms with Crippen LogP contribution in [0.1, 0.15) is 69.8 Å². The molecule has 1 amide bonds. The summed E-state index contributed by atoms with van der Waals surface area (Å²) >= 11 is 13.0. The molecule has 2 N–H and O–H groups in total. The maximum atomic E-state index is 14.1. The van der Waals surface area contributed by atoms with Gasteiger partial charge in [-0.05, 0) is 79.7 Å². The zero-order valence-corrected chi connectivity index (χ0v) is 26.1. The molecule has 3 aromatic rings. The SMILES string of the molecule is C[C@H]1c2cccc(C(C)(C)O)c2C[C@H](CO[Si](C)(C)C(C)(C)C)N1C(=O)Cc1c(Cl)ccc2n[nH]c(Cl)c12. The lowest BCUT2D eigenvalue weighted by molar-refractivity contribution is -0.137. The fourth-order valence-corrected chi connectivity index (χ4v) is 6.73. The van der Waals surface area contributed by atoms with Crippen molar-refractivity contribution in [2.75, 3.05) is 6.61 Å². The summed E-state index contributed by atoms with van der Waals surface area (Å²) in [4.78, 5) is 16.1. The highest BCUT2D eigenvalue weighted by Gasteiger charge is 2.42. The second-order valence-corrected chi connectivity index (χ2v) is 18.1. The number of aromatic nitrogens is 2. The van der Waals surface area contributed by atoms with Gasteiger partial charge in [-0.15, -0.1) is 0 Å². The summed E-state index contributed by atoms with van der Waals surface area (Å²) in [5.74, 6) is -0.0488. The van der Waals surface area contributed by atoms with Crippen LogP contribution in [0.2, 0.25) is 28.3 Å². The molecule has 0 radical (unpaired) electrons. The van der Waals surface area contributed by atoms with Crippen LogP contribution in [0, 0.1) is 0 Å². The zero-order valence-electron chi connectivity index (χ0n) is 23.6. The minimum absolute atomic E-state index is 0.0412. The van der Waals surface area contributed by atoms with Gasteiger partial charge in [0.25, 0.3) is 0 Å². The number of carbonyl (C=O) groups excluding carboxylic acids is 1. The van der Waals surface area contributed by atoms with Gasteiger partial charge in [0.05, 0.1) is 36.2 Å². The van der Waals surface area contributed by atoms with E-state index in [1.54, 1.807) is 12.1 Å². The average Bonchev–Trinajstić information content (AvgIpc) is 3.18. The summed E-state index contributed by atoms with van der Waals surface area (Å²) in [6.45, 7) is 17.2. The number of rotatable bonds is 6. The number of fused-ring (bicyclic) bond motifs is 2. The van der Waals surface area contributed by atoms with Crippen molar-refractivity contribution in [2.24, 2.45) is 0 Å². The second-order valence-electron chi connectivity index (χ2n) is 12.5. The van der Waals surface area contributed by atoms with Gasteiger partial charge < -0.3 is 14.4 Å². The Bertz CT molecular complexity index is 1360. The molecule has 2 aromatic carbocycles. The number of carbonyl (C=O) groups is 1. The molecule has 38 heavy (non-hydrogen) atoms. The van der Waals surface area contributed by atoms with Gasteiger partial charge in [-0.1, -0.05) is 62.2 Å². The Hall–Kier alpha value is -1.90.